The van der Waals surface area contributed by atoms with Crippen LogP contribution in [-0.2, 0) is 138 Å². The molecule has 0 aromatic heterocycles. The molecule has 5 aromatic rings. The van der Waals surface area contributed by atoms with E-state index < -0.39 is 233 Å². The lowest BCUT2D eigenvalue weighted by molar-refractivity contribution is -0.357. The average molecular weight is 1650 g/mol. The van der Waals surface area contributed by atoms with Gasteiger partial charge in [0.1, 0.15) is 68.5 Å². The van der Waals surface area contributed by atoms with Crippen LogP contribution in [0, 0.1) is 0 Å². The Hall–Kier alpha value is -11.6. The molecule has 4 heterocycles. The van der Waals surface area contributed by atoms with Gasteiger partial charge < -0.3 is 105 Å². The fourth-order valence-corrected chi connectivity index (χ4v) is 13.2. The van der Waals surface area contributed by atoms with E-state index in [1.54, 1.807) is 42.5 Å². The lowest BCUT2D eigenvalue weighted by Crippen LogP contribution is -2.70. The highest BCUT2D eigenvalue weighted by molar-refractivity contribution is 5.92. The van der Waals surface area contributed by atoms with Gasteiger partial charge in [-0.2, -0.15) is 0 Å². The highest BCUT2D eigenvalue weighted by Crippen LogP contribution is 2.39. The normalized spacial score (nSPS) is 26.4. The van der Waals surface area contributed by atoms with E-state index >= 15 is 0 Å². The molecule has 4 fully saturated rings. The summed E-state index contributed by atoms with van der Waals surface area (Å²) in [5.41, 5.74) is -0.282. The van der Waals surface area contributed by atoms with Crippen LogP contribution in [0.4, 0.5) is 0 Å². The first kappa shape index (κ1) is 90.3. The van der Waals surface area contributed by atoms with Gasteiger partial charge in [-0.25, -0.2) is 24.0 Å². The maximum atomic E-state index is 14.9. The van der Waals surface area contributed by atoms with Crippen molar-refractivity contribution in [1.29, 1.82) is 0 Å². The first-order chi connectivity index (χ1) is 56.5. The molecule has 0 aliphatic carbocycles. The Kier molecular flexibility index (Phi) is 33.7. The molecule has 118 heavy (non-hydrogen) atoms. The summed E-state index contributed by atoms with van der Waals surface area (Å²) in [6.45, 7) is 4.47. The van der Waals surface area contributed by atoms with Gasteiger partial charge in [-0.1, -0.05) is 97.4 Å². The molecule has 4 aliphatic heterocycles. The van der Waals surface area contributed by atoms with Gasteiger partial charge in [-0.15, -0.1) is 0 Å². The summed E-state index contributed by atoms with van der Waals surface area (Å²) in [5.74, 6) is -13.5. The third kappa shape index (κ3) is 25.9. The molecule has 20 atom stereocenters. The first-order valence-corrected chi connectivity index (χ1v) is 37.5. The molecule has 2 N–H and O–H groups in total. The van der Waals surface area contributed by atoms with Gasteiger partial charge in [0.25, 0.3) is 0 Å². The average Bonchev–Trinajstić information content (AvgIpc) is 0.750. The standard InChI is InChI=1S/C82H92N2O34/c1-44(85)83-62-68(114-76(96)54-32-20-12-21-33-54)65(117-81-72(108-51(8)92)70(107-50(7)91)66(106-49(6)90)58(111-81)41-102-47(4)88)57(40-101-46(3)87)110-80(62)104-43-60-64(105-48(5)89)69(63(84-45(2)86)79(109-60)100-39-27-15-26-38-61(93)99-9)118-82-73(116-78(98)56-36-24-14-25-37-56)71(115-77(97)55-34-22-13-23-35-55)67(113-75(95)53-30-18-11-19-31-53)59(112-82)42-103-74(94)52-28-16-10-17-29-52/h10-14,16-25,28-37,57-60,62-73,79-82H,15,26-27,38-43H2,1-9H3,(H,83,85)(H,84,86)/t57-,58-,59-,60-,62-,63-,64+,65-,66+,67+,68-,69-,70+,71+,72-,73-,79+,80-,81+,82+/m1/s1. The molecule has 4 saturated heterocycles. The Labute approximate surface area is 676 Å². The van der Waals surface area contributed by atoms with Gasteiger partial charge in [0, 0.05) is 68.4 Å². The minimum atomic E-state index is -2.22. The minimum Gasteiger partial charge on any atom is -0.469 e. The quantitative estimate of drug-likeness (QED) is 0.0304. The van der Waals surface area contributed by atoms with Gasteiger partial charge >= 0.3 is 71.6 Å². The summed E-state index contributed by atoms with van der Waals surface area (Å²) in [6.07, 6.45) is -33.9. The molecular formula is C82H92N2O34. The van der Waals surface area contributed by atoms with Crippen molar-refractivity contribution in [2.24, 2.45) is 0 Å². The van der Waals surface area contributed by atoms with E-state index in [1.165, 1.54) is 116 Å². The van der Waals surface area contributed by atoms with E-state index in [0.29, 0.717) is 12.8 Å². The molecule has 634 valence electrons. The number of amides is 2. The molecule has 4 aliphatic rings. The summed E-state index contributed by atoms with van der Waals surface area (Å²) in [7, 11) is 1.23. The van der Waals surface area contributed by atoms with Crippen LogP contribution in [0.5, 0.6) is 0 Å². The van der Waals surface area contributed by atoms with Crippen LogP contribution in [0.2, 0.25) is 0 Å². The number of carbonyl (C=O) groups is 14. The molecular weight excluding hydrogens is 1560 g/mol. The maximum Gasteiger partial charge on any atom is 0.338 e. The second-order valence-electron chi connectivity index (χ2n) is 27.2. The number of methoxy groups -OCH3 is 1. The summed E-state index contributed by atoms with van der Waals surface area (Å²) in [6, 6.07) is 33.7. The Morgan fingerprint density at radius 1 is 0.297 bits per heavy atom. The zero-order valence-corrected chi connectivity index (χ0v) is 65.7. The number of hydrogen-bond acceptors (Lipinski definition) is 34. The Morgan fingerprint density at radius 2 is 0.610 bits per heavy atom. The molecule has 5 aromatic carbocycles. The van der Waals surface area contributed by atoms with Gasteiger partial charge in [0.2, 0.25) is 11.8 Å². The Bertz CT molecular complexity index is 4250. The zero-order chi connectivity index (χ0) is 85.1. The van der Waals surface area contributed by atoms with Crippen molar-refractivity contribution in [1.82, 2.24) is 10.6 Å². The van der Waals surface area contributed by atoms with E-state index in [0.717, 1.165) is 55.4 Å². The Balaban J connectivity index is 1.20. The van der Waals surface area contributed by atoms with Gasteiger partial charge in [-0.3, -0.25) is 43.2 Å². The summed E-state index contributed by atoms with van der Waals surface area (Å²) >= 11 is 0. The topological polar surface area (TPSA) is 448 Å². The minimum absolute atomic E-state index is 0.0156. The first-order valence-electron chi connectivity index (χ1n) is 37.5. The number of benzene rings is 5. The van der Waals surface area contributed by atoms with Crippen LogP contribution in [-0.4, -0.2) is 246 Å². The molecule has 0 saturated carbocycles. The third-order valence-corrected chi connectivity index (χ3v) is 18.3. The van der Waals surface area contributed by atoms with Crippen molar-refractivity contribution >= 4 is 83.4 Å². The summed E-state index contributed by atoms with van der Waals surface area (Å²) in [4.78, 5) is 192. The fourth-order valence-electron chi connectivity index (χ4n) is 13.2. The molecule has 9 rings (SSSR count). The Morgan fingerprint density at radius 3 is 1.03 bits per heavy atom. The third-order valence-electron chi connectivity index (χ3n) is 18.3. The smallest absolute Gasteiger partial charge is 0.338 e. The van der Waals surface area contributed by atoms with E-state index in [1.807, 2.05) is 0 Å². The van der Waals surface area contributed by atoms with Crippen LogP contribution in [0.1, 0.15) is 133 Å². The van der Waals surface area contributed by atoms with E-state index in [4.69, 9.17) is 94.7 Å². The predicted molar refractivity (Wildman–Crippen MR) is 397 cm³/mol. The molecule has 0 unspecified atom stereocenters. The number of ether oxygens (including phenoxy) is 20. The fraction of sp³-hybridized carbons (Fsp3) is 0.463. The highest BCUT2D eigenvalue weighted by Gasteiger charge is 2.61. The number of nitrogens with one attached hydrogen (secondary N) is 2. The molecule has 36 nitrogen and oxygen atoms in total. The largest absolute Gasteiger partial charge is 0.469 e. The summed E-state index contributed by atoms with van der Waals surface area (Å²) < 4.78 is 124. The van der Waals surface area contributed by atoms with Crippen LogP contribution in [0.25, 0.3) is 0 Å². The van der Waals surface area contributed by atoms with Crippen LogP contribution >= 0.6 is 0 Å². The molecule has 0 bridgehead atoms. The lowest BCUT2D eigenvalue weighted by Gasteiger charge is -2.50. The number of rotatable bonds is 35. The van der Waals surface area contributed by atoms with Gasteiger partial charge in [0.05, 0.1) is 41.5 Å². The highest BCUT2D eigenvalue weighted by atomic mass is 16.8. The van der Waals surface area contributed by atoms with Crippen LogP contribution < -0.4 is 10.6 Å². The van der Waals surface area contributed by atoms with Gasteiger partial charge in [0.15, 0.2) is 74.0 Å². The molecule has 36 heteroatoms. The number of unbranched alkanes of at least 4 members (excludes halogenated alkanes) is 2. The second kappa shape index (κ2) is 44.1. The van der Waals surface area contributed by atoms with Gasteiger partial charge in [-0.05, 0) is 73.5 Å². The number of carbonyl (C=O) groups excluding carboxylic acids is 14. The van der Waals surface area contributed by atoms with Crippen molar-refractivity contribution in [2.45, 2.75) is 204 Å². The second-order valence-corrected chi connectivity index (χ2v) is 27.2. The maximum absolute atomic E-state index is 14.9. The number of hydrogen-bond donors (Lipinski definition) is 2. The molecule has 0 spiro atoms. The molecule has 2 amide bonds. The summed E-state index contributed by atoms with van der Waals surface area (Å²) in [5, 5.41) is 5.42. The predicted octanol–water partition coefficient (Wildman–Crippen LogP) is 5.04. The van der Waals surface area contributed by atoms with Crippen molar-refractivity contribution in [3.8, 4) is 0 Å². The van der Waals surface area contributed by atoms with E-state index in [-0.39, 0.29) is 47.3 Å². The SMILES string of the molecule is COC(=O)CCCCCO[C@H]1O[C@H](CO[C@@H]2O[C@H](COC(C)=O)[C@@H](O[C@@H]3O[C@H](COC(C)=O)[C@H](OC(C)=O)[C@H](OC(C)=O)[C@H]3OC(C)=O)[C@H](OC(=O)c3ccccc3)[C@H]2NC(C)=O)[C@H](OC(C)=O)[C@H](O[C@@H]2O[C@H](COC(=O)c3ccccc3)[C@H](OC(=O)c3ccccc3)[C@H](OC(=O)c3ccccc3)[C@H]2OC(=O)c2ccccc2)[C@H]1NC(C)=O. The van der Waals surface area contributed by atoms with Crippen molar-refractivity contribution in [3.63, 3.8) is 0 Å². The van der Waals surface area contributed by atoms with E-state index in [2.05, 4.69) is 10.6 Å². The van der Waals surface area contributed by atoms with Crippen LogP contribution in [0.3, 0.4) is 0 Å². The van der Waals surface area contributed by atoms with Crippen molar-refractivity contribution < 1.29 is 162 Å². The monoisotopic (exact) mass is 1650 g/mol. The number of esters is 12. The van der Waals surface area contributed by atoms with Crippen molar-refractivity contribution in [2.75, 3.05) is 40.1 Å². The molecule has 0 radical (unpaired) electrons. The zero-order valence-electron chi connectivity index (χ0n) is 65.7. The van der Waals surface area contributed by atoms with Crippen LogP contribution in [0.15, 0.2) is 152 Å². The van der Waals surface area contributed by atoms with E-state index in [9.17, 15) is 67.1 Å². The van der Waals surface area contributed by atoms with Crippen molar-refractivity contribution in [3.05, 3.63) is 179 Å². The lowest BCUT2D eigenvalue weighted by atomic mass is 9.94.